The van der Waals surface area contributed by atoms with Crippen molar-refractivity contribution in [2.75, 3.05) is 13.7 Å². The van der Waals surface area contributed by atoms with Crippen LogP contribution in [0.4, 0.5) is 0 Å². The molecule has 1 aliphatic heterocycles. The van der Waals surface area contributed by atoms with Gasteiger partial charge in [-0.3, -0.25) is 9.59 Å². The zero-order valence-electron chi connectivity index (χ0n) is 15.5. The van der Waals surface area contributed by atoms with Crippen LogP contribution in [-0.2, 0) is 4.79 Å². The normalized spacial score (nSPS) is 16.2. The molecule has 0 spiro atoms. The van der Waals surface area contributed by atoms with Crippen LogP contribution < -0.4 is 14.8 Å². The van der Waals surface area contributed by atoms with E-state index in [1.54, 1.807) is 43.5 Å². The molecule has 29 heavy (non-hydrogen) atoms. The molecule has 1 saturated heterocycles. The van der Waals surface area contributed by atoms with Gasteiger partial charge in [0.25, 0.3) is 11.8 Å². The Morgan fingerprint density at radius 2 is 2.03 bits per heavy atom. The number of halogens is 2. The van der Waals surface area contributed by atoms with Crippen molar-refractivity contribution < 1.29 is 19.1 Å². The van der Waals surface area contributed by atoms with Gasteiger partial charge in [0.2, 0.25) is 0 Å². The maximum atomic E-state index is 12.3. The molecule has 1 heterocycles. The Hall–Kier alpha value is -2.29. The third-order valence-corrected chi connectivity index (χ3v) is 5.53. The fourth-order valence-electron chi connectivity index (χ4n) is 2.51. The van der Waals surface area contributed by atoms with Crippen molar-refractivity contribution in [1.29, 1.82) is 0 Å². The third kappa shape index (κ3) is 5.20. The van der Waals surface area contributed by atoms with E-state index in [1.165, 1.54) is 0 Å². The minimum Gasteiger partial charge on any atom is -0.492 e. The smallest absolute Gasteiger partial charge is 0.279 e. The van der Waals surface area contributed by atoms with Crippen molar-refractivity contribution >= 4 is 62.4 Å². The Morgan fingerprint density at radius 3 is 2.69 bits per heavy atom. The average molecular weight is 496 g/mol. The molecule has 0 aromatic heterocycles. The highest BCUT2D eigenvalue weighted by atomic mass is 79.9. The number of benzene rings is 2. The van der Waals surface area contributed by atoms with Crippen molar-refractivity contribution in [2.24, 2.45) is 4.99 Å². The Morgan fingerprint density at radius 1 is 1.31 bits per heavy atom. The number of hydrogen-bond acceptors (Lipinski definition) is 5. The Kier molecular flexibility index (Phi) is 7.00. The van der Waals surface area contributed by atoms with E-state index in [0.29, 0.717) is 38.1 Å². The summed E-state index contributed by atoms with van der Waals surface area (Å²) in [5, 5.41) is 3.35. The summed E-state index contributed by atoms with van der Waals surface area (Å²) in [6.07, 6.45) is 1.70. The molecule has 0 saturated carbocycles. The van der Waals surface area contributed by atoms with Crippen LogP contribution in [0.1, 0.15) is 22.8 Å². The van der Waals surface area contributed by atoms with E-state index >= 15 is 0 Å². The van der Waals surface area contributed by atoms with Crippen LogP contribution in [0.15, 0.2) is 50.8 Å². The topological polar surface area (TPSA) is 77.0 Å². The first-order chi connectivity index (χ1) is 13.9. The molecule has 3 rings (SSSR count). The lowest BCUT2D eigenvalue weighted by Gasteiger charge is -2.12. The first-order valence-electron chi connectivity index (χ1n) is 8.51. The molecule has 2 amide bonds. The summed E-state index contributed by atoms with van der Waals surface area (Å²) in [6.45, 7) is 2.35. The SMILES string of the molecule is CCOc1cc(/C=C2\SC(=NC(=O)c3ccc(Cl)cc3)NC2=O)cc(Br)c1OC. The Labute approximate surface area is 185 Å². The minimum atomic E-state index is -0.462. The molecule has 0 unspecified atom stereocenters. The van der Waals surface area contributed by atoms with E-state index in [1.807, 2.05) is 13.0 Å². The van der Waals surface area contributed by atoms with Crippen LogP contribution in [-0.4, -0.2) is 30.7 Å². The van der Waals surface area contributed by atoms with E-state index in [9.17, 15) is 9.59 Å². The van der Waals surface area contributed by atoms with Crippen molar-refractivity contribution in [3.05, 3.63) is 61.9 Å². The van der Waals surface area contributed by atoms with E-state index in [2.05, 4.69) is 26.2 Å². The molecule has 150 valence electrons. The predicted molar refractivity (Wildman–Crippen MR) is 119 cm³/mol. The standard InChI is InChI=1S/C20H16BrClN2O4S/c1-3-28-15-9-11(8-14(21)17(15)27-2)10-16-19(26)24-20(29-16)23-18(25)12-4-6-13(22)7-5-12/h4-10H,3H2,1-2H3,(H,23,24,25,26)/b16-10-. The van der Waals surface area contributed by atoms with Gasteiger partial charge in [0.15, 0.2) is 16.7 Å². The Bertz CT molecular complexity index is 1020. The average Bonchev–Trinajstić information content (AvgIpc) is 3.01. The lowest BCUT2D eigenvalue weighted by molar-refractivity contribution is -0.115. The van der Waals surface area contributed by atoms with Gasteiger partial charge in [0.1, 0.15) is 0 Å². The predicted octanol–water partition coefficient (Wildman–Crippen LogP) is 4.91. The monoisotopic (exact) mass is 494 g/mol. The maximum absolute atomic E-state index is 12.3. The van der Waals surface area contributed by atoms with E-state index in [-0.39, 0.29) is 11.1 Å². The van der Waals surface area contributed by atoms with Crippen molar-refractivity contribution in [3.8, 4) is 11.5 Å². The van der Waals surface area contributed by atoms with E-state index in [4.69, 9.17) is 21.1 Å². The first-order valence-corrected chi connectivity index (χ1v) is 10.5. The zero-order chi connectivity index (χ0) is 21.0. The number of nitrogens with zero attached hydrogens (tertiary/aromatic N) is 1. The van der Waals surface area contributed by atoms with Gasteiger partial charge in [-0.15, -0.1) is 0 Å². The van der Waals surface area contributed by atoms with Crippen molar-refractivity contribution in [1.82, 2.24) is 5.32 Å². The molecule has 2 aromatic carbocycles. The molecule has 0 aliphatic carbocycles. The summed E-state index contributed by atoms with van der Waals surface area (Å²) in [5.74, 6) is 0.346. The molecular weight excluding hydrogens is 480 g/mol. The lowest BCUT2D eigenvalue weighted by Crippen LogP contribution is -2.20. The summed E-state index contributed by atoms with van der Waals surface area (Å²) < 4.78 is 11.6. The summed E-state index contributed by atoms with van der Waals surface area (Å²) in [6, 6.07) is 9.97. The van der Waals surface area contributed by atoms with Gasteiger partial charge in [0, 0.05) is 10.6 Å². The number of thioether (sulfide) groups is 1. The number of ether oxygens (including phenoxy) is 2. The fraction of sp³-hybridized carbons (Fsp3) is 0.150. The zero-order valence-corrected chi connectivity index (χ0v) is 18.7. The van der Waals surface area contributed by atoms with Gasteiger partial charge in [-0.25, -0.2) is 0 Å². The van der Waals surface area contributed by atoms with E-state index in [0.717, 1.165) is 17.3 Å². The minimum absolute atomic E-state index is 0.221. The van der Waals surface area contributed by atoms with Gasteiger partial charge < -0.3 is 14.8 Å². The molecule has 1 N–H and O–H groups in total. The number of carbonyl (C=O) groups is 2. The van der Waals surface area contributed by atoms with Crippen LogP contribution in [0.25, 0.3) is 6.08 Å². The van der Waals surface area contributed by atoms with Gasteiger partial charge in [-0.05, 0) is 82.7 Å². The largest absolute Gasteiger partial charge is 0.492 e. The molecule has 6 nitrogen and oxygen atoms in total. The van der Waals surface area contributed by atoms with Crippen molar-refractivity contribution in [3.63, 3.8) is 0 Å². The van der Waals surface area contributed by atoms with Crippen LogP contribution >= 0.6 is 39.3 Å². The maximum Gasteiger partial charge on any atom is 0.279 e. The molecular formula is C20H16BrClN2O4S. The van der Waals surface area contributed by atoms with Crippen LogP contribution in [0.2, 0.25) is 5.02 Å². The van der Waals surface area contributed by atoms with Crippen LogP contribution in [0.3, 0.4) is 0 Å². The highest BCUT2D eigenvalue weighted by molar-refractivity contribution is 9.10. The second kappa shape index (κ2) is 9.47. The quantitative estimate of drug-likeness (QED) is 0.597. The molecule has 0 bridgehead atoms. The van der Waals surface area contributed by atoms with Gasteiger partial charge in [0.05, 0.1) is 23.1 Å². The number of amides is 2. The van der Waals surface area contributed by atoms with Gasteiger partial charge in [-0.1, -0.05) is 11.6 Å². The molecule has 1 aliphatic rings. The number of aliphatic imine (C=N–C) groups is 1. The summed E-state index contributed by atoms with van der Waals surface area (Å²) in [4.78, 5) is 28.9. The van der Waals surface area contributed by atoms with Gasteiger partial charge >= 0.3 is 0 Å². The lowest BCUT2D eigenvalue weighted by atomic mass is 10.2. The number of methoxy groups -OCH3 is 1. The van der Waals surface area contributed by atoms with Crippen LogP contribution in [0.5, 0.6) is 11.5 Å². The van der Waals surface area contributed by atoms with Gasteiger partial charge in [-0.2, -0.15) is 4.99 Å². The van der Waals surface area contributed by atoms with Crippen LogP contribution in [0, 0.1) is 0 Å². The van der Waals surface area contributed by atoms with Crippen molar-refractivity contribution in [2.45, 2.75) is 6.92 Å². The second-order valence-electron chi connectivity index (χ2n) is 5.76. The van der Waals surface area contributed by atoms with E-state index < -0.39 is 5.91 Å². The first kappa shape index (κ1) is 21.4. The summed E-state index contributed by atoms with van der Waals surface area (Å²) >= 11 is 10.4. The number of rotatable bonds is 5. The third-order valence-electron chi connectivity index (χ3n) is 3.78. The second-order valence-corrected chi connectivity index (χ2v) is 8.08. The molecule has 0 radical (unpaired) electrons. The molecule has 1 fully saturated rings. The molecule has 2 aromatic rings. The highest BCUT2D eigenvalue weighted by Gasteiger charge is 2.25. The number of carbonyl (C=O) groups excluding carboxylic acids is 2. The summed E-state index contributed by atoms with van der Waals surface area (Å²) in [7, 11) is 1.56. The highest BCUT2D eigenvalue weighted by Crippen LogP contribution is 2.38. The summed E-state index contributed by atoms with van der Waals surface area (Å²) in [5.41, 5.74) is 1.12. The molecule has 0 atom stereocenters. The number of hydrogen-bond donors (Lipinski definition) is 1. The Balaban J connectivity index is 1.84. The fourth-order valence-corrected chi connectivity index (χ4v) is 4.08. The molecule has 9 heteroatoms. The number of amidine groups is 1. The number of nitrogens with one attached hydrogen (secondary N) is 1.